The molecule has 0 amide bonds. The van der Waals surface area contributed by atoms with Crippen LogP contribution < -0.4 is 0 Å². The molecule has 2 heterocycles. The lowest BCUT2D eigenvalue weighted by Crippen LogP contribution is -2.15. The molecule has 0 unspecified atom stereocenters. The lowest BCUT2D eigenvalue weighted by Gasteiger charge is -2.16. The highest BCUT2D eigenvalue weighted by Gasteiger charge is 2.18. The van der Waals surface area contributed by atoms with Gasteiger partial charge in [-0.15, -0.1) is 0 Å². The van der Waals surface area contributed by atoms with Crippen molar-refractivity contribution >= 4 is 0 Å². The van der Waals surface area contributed by atoms with E-state index in [0.717, 1.165) is 54.2 Å². The number of hydrogen-bond acceptors (Lipinski definition) is 4. The van der Waals surface area contributed by atoms with E-state index in [1.807, 2.05) is 18.6 Å². The molecular weight excluding hydrogens is 272 g/mol. The number of hydrogen-bond donors (Lipinski definition) is 0. The lowest BCUT2D eigenvalue weighted by molar-refractivity contribution is 0.545. The highest BCUT2D eigenvalue weighted by atomic mass is 14.9. The average molecular weight is 298 g/mol. The summed E-state index contributed by atoms with van der Waals surface area (Å²) in [5.41, 5.74) is 3.93. The fraction of sp³-hybridized carbons (Fsp3) is 0.556. The topological polar surface area (TPSA) is 51.6 Å². The van der Waals surface area contributed by atoms with Crippen LogP contribution in [0.2, 0.25) is 0 Å². The van der Waals surface area contributed by atoms with Crippen LogP contribution in [0.5, 0.6) is 0 Å². The first kappa shape index (κ1) is 16.5. The molecule has 0 saturated heterocycles. The third kappa shape index (κ3) is 3.87. The monoisotopic (exact) mass is 298 g/mol. The minimum Gasteiger partial charge on any atom is -0.257 e. The normalized spacial score (nSPS) is 11.7. The lowest BCUT2D eigenvalue weighted by atomic mass is 9.95. The molecule has 2 rings (SSSR count). The van der Waals surface area contributed by atoms with Crippen molar-refractivity contribution in [3.05, 3.63) is 35.8 Å². The van der Waals surface area contributed by atoms with Gasteiger partial charge in [0.05, 0.1) is 17.1 Å². The predicted molar refractivity (Wildman–Crippen MR) is 89.7 cm³/mol. The van der Waals surface area contributed by atoms with Crippen LogP contribution in [0.3, 0.4) is 0 Å². The van der Waals surface area contributed by atoms with Crippen LogP contribution in [0, 0.1) is 0 Å². The Labute approximate surface area is 133 Å². The Balaban J connectivity index is 2.42. The van der Waals surface area contributed by atoms with Crippen LogP contribution in [0.25, 0.3) is 11.3 Å². The van der Waals surface area contributed by atoms with E-state index >= 15 is 0 Å². The highest BCUT2D eigenvalue weighted by molar-refractivity contribution is 5.59. The third-order valence-corrected chi connectivity index (χ3v) is 3.49. The Morgan fingerprint density at radius 1 is 0.864 bits per heavy atom. The van der Waals surface area contributed by atoms with Crippen LogP contribution in [-0.2, 0) is 18.3 Å². The summed E-state index contributed by atoms with van der Waals surface area (Å²) < 4.78 is 0. The zero-order valence-corrected chi connectivity index (χ0v) is 14.3. The molecule has 2 aromatic heterocycles. The van der Waals surface area contributed by atoms with Gasteiger partial charge < -0.3 is 0 Å². The van der Waals surface area contributed by atoms with E-state index in [0.29, 0.717) is 0 Å². The van der Waals surface area contributed by atoms with Gasteiger partial charge in [0.25, 0.3) is 0 Å². The van der Waals surface area contributed by atoms with Crippen molar-refractivity contribution in [2.45, 2.75) is 65.7 Å². The molecule has 0 atom stereocenters. The van der Waals surface area contributed by atoms with Crippen LogP contribution in [0.4, 0.5) is 0 Å². The summed E-state index contributed by atoms with van der Waals surface area (Å²) >= 11 is 0. The summed E-state index contributed by atoms with van der Waals surface area (Å²) in [7, 11) is 0. The van der Waals surface area contributed by atoms with Crippen LogP contribution in [0.1, 0.15) is 64.7 Å². The van der Waals surface area contributed by atoms with Crippen molar-refractivity contribution in [3.8, 4) is 11.3 Å². The molecule has 0 aliphatic rings. The minimum atomic E-state index is -0.0412. The second kappa shape index (κ2) is 6.95. The van der Waals surface area contributed by atoms with Crippen LogP contribution in [0.15, 0.2) is 18.6 Å². The number of rotatable bonds is 5. The average Bonchev–Trinajstić information content (AvgIpc) is 2.49. The number of aryl methyl sites for hydroxylation is 2. The standard InChI is InChI=1S/C18H26N4/c1-6-8-14-12-19-15(9-7-2)16(22-14)13-10-20-17(21-11-13)18(3,4)5/h10-12H,6-9H2,1-5H3. The molecule has 4 heteroatoms. The molecule has 0 saturated carbocycles. The van der Waals surface area contributed by atoms with Crippen LogP contribution >= 0.6 is 0 Å². The smallest absolute Gasteiger partial charge is 0.133 e. The summed E-state index contributed by atoms with van der Waals surface area (Å²) in [5, 5.41) is 0. The fourth-order valence-corrected chi connectivity index (χ4v) is 2.32. The van der Waals surface area contributed by atoms with Gasteiger partial charge in [-0.3, -0.25) is 4.98 Å². The second-order valence-corrected chi connectivity index (χ2v) is 6.70. The van der Waals surface area contributed by atoms with Crippen molar-refractivity contribution in [2.24, 2.45) is 0 Å². The Kier molecular flexibility index (Phi) is 5.22. The van der Waals surface area contributed by atoms with Gasteiger partial charge >= 0.3 is 0 Å². The SMILES string of the molecule is CCCc1cnc(CCC)c(-c2cnc(C(C)(C)C)nc2)n1. The Morgan fingerprint density at radius 3 is 2.05 bits per heavy atom. The van der Waals surface area contributed by atoms with Gasteiger partial charge in [-0.25, -0.2) is 15.0 Å². The molecule has 22 heavy (non-hydrogen) atoms. The van der Waals surface area contributed by atoms with E-state index in [1.165, 1.54) is 0 Å². The zero-order valence-electron chi connectivity index (χ0n) is 14.3. The minimum absolute atomic E-state index is 0.0412. The van der Waals surface area contributed by atoms with Crippen molar-refractivity contribution in [3.63, 3.8) is 0 Å². The third-order valence-electron chi connectivity index (χ3n) is 3.49. The van der Waals surface area contributed by atoms with Gasteiger partial charge in [0.2, 0.25) is 0 Å². The second-order valence-electron chi connectivity index (χ2n) is 6.70. The summed E-state index contributed by atoms with van der Waals surface area (Å²) in [6.45, 7) is 10.7. The Morgan fingerprint density at radius 2 is 1.50 bits per heavy atom. The quantitative estimate of drug-likeness (QED) is 0.832. The van der Waals surface area contributed by atoms with Crippen molar-refractivity contribution in [1.29, 1.82) is 0 Å². The van der Waals surface area contributed by atoms with E-state index in [-0.39, 0.29) is 5.41 Å². The molecule has 4 nitrogen and oxygen atoms in total. The van der Waals surface area contributed by atoms with Gasteiger partial charge in [-0.1, -0.05) is 47.5 Å². The molecule has 0 spiro atoms. The molecule has 0 fully saturated rings. The van der Waals surface area contributed by atoms with Crippen molar-refractivity contribution in [2.75, 3.05) is 0 Å². The maximum atomic E-state index is 4.80. The predicted octanol–water partition coefficient (Wildman–Crippen LogP) is 4.14. The molecule has 0 bridgehead atoms. The maximum absolute atomic E-state index is 4.80. The molecule has 0 aromatic carbocycles. The summed E-state index contributed by atoms with van der Waals surface area (Å²) in [6, 6.07) is 0. The van der Waals surface area contributed by atoms with Gasteiger partial charge in [0.15, 0.2) is 0 Å². The summed E-state index contributed by atoms with van der Waals surface area (Å²) in [6.07, 6.45) is 9.67. The maximum Gasteiger partial charge on any atom is 0.133 e. The molecule has 0 N–H and O–H groups in total. The van der Waals surface area contributed by atoms with Crippen molar-refractivity contribution < 1.29 is 0 Å². The van der Waals surface area contributed by atoms with Crippen LogP contribution in [-0.4, -0.2) is 19.9 Å². The summed E-state index contributed by atoms with van der Waals surface area (Å²) in [4.78, 5) is 18.5. The fourth-order valence-electron chi connectivity index (χ4n) is 2.32. The number of aromatic nitrogens is 4. The van der Waals surface area contributed by atoms with Gasteiger partial charge in [0, 0.05) is 29.6 Å². The molecule has 2 aromatic rings. The van der Waals surface area contributed by atoms with E-state index in [4.69, 9.17) is 4.98 Å². The van der Waals surface area contributed by atoms with Crippen molar-refractivity contribution in [1.82, 2.24) is 19.9 Å². The molecule has 118 valence electrons. The highest BCUT2D eigenvalue weighted by Crippen LogP contribution is 2.23. The Bertz CT molecular complexity index is 612. The molecule has 0 aliphatic carbocycles. The van der Waals surface area contributed by atoms with E-state index < -0.39 is 0 Å². The van der Waals surface area contributed by atoms with E-state index in [1.54, 1.807) is 0 Å². The first-order valence-electron chi connectivity index (χ1n) is 8.13. The molecule has 0 aliphatic heterocycles. The molecular formula is C18H26N4. The first-order chi connectivity index (χ1) is 10.5. The zero-order chi connectivity index (χ0) is 16.2. The summed E-state index contributed by atoms with van der Waals surface area (Å²) in [5.74, 6) is 0.853. The van der Waals surface area contributed by atoms with Gasteiger partial charge in [-0.2, -0.15) is 0 Å². The Hall–Kier alpha value is -1.84. The van der Waals surface area contributed by atoms with E-state index in [2.05, 4.69) is 49.6 Å². The van der Waals surface area contributed by atoms with E-state index in [9.17, 15) is 0 Å². The largest absolute Gasteiger partial charge is 0.257 e. The van der Waals surface area contributed by atoms with Gasteiger partial charge in [-0.05, 0) is 12.8 Å². The molecule has 0 radical (unpaired) electrons. The van der Waals surface area contributed by atoms with Gasteiger partial charge in [0.1, 0.15) is 5.82 Å². The first-order valence-corrected chi connectivity index (χ1v) is 8.13. The number of nitrogens with zero attached hydrogens (tertiary/aromatic N) is 4.